The molecule has 2 aliphatic rings. The van der Waals surface area contributed by atoms with E-state index in [0.717, 1.165) is 43.0 Å². The first kappa shape index (κ1) is 24.9. The van der Waals surface area contributed by atoms with Crippen LogP contribution in [0, 0.1) is 12.8 Å². The zero-order chi connectivity index (χ0) is 25.1. The highest BCUT2D eigenvalue weighted by Crippen LogP contribution is 2.43. The molecule has 1 saturated heterocycles. The number of nitrogens with one attached hydrogen (secondary N) is 1. The average Bonchev–Trinajstić information content (AvgIpc) is 3.53. The Balaban J connectivity index is 1.06. The summed E-state index contributed by atoms with van der Waals surface area (Å²) in [4.78, 5) is 20.5. The lowest BCUT2D eigenvalue weighted by atomic mass is 9.94. The Morgan fingerprint density at radius 3 is 2.69 bits per heavy atom. The van der Waals surface area contributed by atoms with Crippen molar-refractivity contribution in [2.45, 2.75) is 51.0 Å². The number of rotatable bonds is 10. The van der Waals surface area contributed by atoms with Crippen LogP contribution in [0.2, 0.25) is 0 Å². The fourth-order valence-electron chi connectivity index (χ4n) is 5.45. The van der Waals surface area contributed by atoms with E-state index in [1.54, 1.807) is 0 Å². The first-order chi connectivity index (χ1) is 17.5. The Morgan fingerprint density at radius 2 is 1.97 bits per heavy atom. The van der Waals surface area contributed by atoms with Gasteiger partial charge in [0.05, 0.1) is 5.01 Å². The number of aryl methyl sites for hydroxylation is 2. The topological polar surface area (TPSA) is 97.3 Å². The largest absolute Gasteiger partial charge is 0.398 e. The second-order valence-corrected chi connectivity index (χ2v) is 11.6. The molecular formula is C29H37N5OS. The van der Waals surface area contributed by atoms with Gasteiger partial charge in [0.1, 0.15) is 0 Å². The third-order valence-corrected chi connectivity index (χ3v) is 8.76. The second kappa shape index (κ2) is 11.1. The van der Waals surface area contributed by atoms with Gasteiger partial charge in [0.15, 0.2) is 0 Å². The van der Waals surface area contributed by atoms with Crippen molar-refractivity contribution in [3.05, 3.63) is 69.7 Å². The SMILES string of the molecule is Cc1ncc(C2CC2NCC2CCN(CCCc3ccc(C(N)=O)c(-c4ccccc4N)c3)CC2)s1. The fraction of sp³-hybridized carbons (Fsp3) is 0.448. The number of amides is 1. The van der Waals surface area contributed by atoms with E-state index in [1.165, 1.54) is 47.8 Å². The molecule has 0 radical (unpaired) electrons. The predicted octanol–water partition coefficient (Wildman–Crippen LogP) is 4.59. The smallest absolute Gasteiger partial charge is 0.249 e. The highest BCUT2D eigenvalue weighted by Gasteiger charge is 2.39. The molecular weight excluding hydrogens is 466 g/mol. The Morgan fingerprint density at radius 1 is 1.17 bits per heavy atom. The molecule has 2 aromatic carbocycles. The maximum atomic E-state index is 12.0. The van der Waals surface area contributed by atoms with Crippen molar-refractivity contribution in [3.63, 3.8) is 0 Å². The maximum Gasteiger partial charge on any atom is 0.249 e. The molecule has 1 aliphatic heterocycles. The summed E-state index contributed by atoms with van der Waals surface area (Å²) in [6, 6.07) is 14.3. The third-order valence-electron chi connectivity index (χ3n) is 7.71. The summed E-state index contributed by atoms with van der Waals surface area (Å²) < 4.78 is 0. The minimum atomic E-state index is -0.423. The van der Waals surface area contributed by atoms with Crippen LogP contribution in [-0.2, 0) is 6.42 Å². The van der Waals surface area contributed by atoms with Crippen LogP contribution in [0.4, 0.5) is 5.69 Å². The van der Waals surface area contributed by atoms with Gasteiger partial charge in [0, 0.05) is 39.8 Å². The number of carbonyl (C=O) groups is 1. The van der Waals surface area contributed by atoms with Gasteiger partial charge in [0.25, 0.3) is 0 Å². The molecule has 190 valence electrons. The molecule has 3 aromatic rings. The number of piperidine rings is 1. The van der Waals surface area contributed by atoms with Crippen LogP contribution in [0.5, 0.6) is 0 Å². The number of nitrogen functional groups attached to an aromatic ring is 1. The van der Waals surface area contributed by atoms with E-state index < -0.39 is 5.91 Å². The van der Waals surface area contributed by atoms with E-state index in [0.29, 0.717) is 23.2 Å². The number of thiazole rings is 1. The maximum absolute atomic E-state index is 12.0. The van der Waals surface area contributed by atoms with Gasteiger partial charge in [-0.2, -0.15) is 0 Å². The van der Waals surface area contributed by atoms with Crippen molar-refractivity contribution >= 4 is 22.9 Å². The van der Waals surface area contributed by atoms with Crippen LogP contribution < -0.4 is 16.8 Å². The first-order valence-corrected chi connectivity index (χ1v) is 13.9. The average molecular weight is 504 g/mol. The van der Waals surface area contributed by atoms with Crippen LogP contribution in [0.15, 0.2) is 48.7 Å². The normalized spacial score (nSPS) is 20.5. The lowest BCUT2D eigenvalue weighted by molar-refractivity contribution is 0.100. The van der Waals surface area contributed by atoms with Gasteiger partial charge in [-0.05, 0) is 94.4 Å². The summed E-state index contributed by atoms with van der Waals surface area (Å²) >= 11 is 1.85. The van der Waals surface area contributed by atoms with Gasteiger partial charge in [-0.25, -0.2) is 4.98 Å². The van der Waals surface area contributed by atoms with Gasteiger partial charge < -0.3 is 21.7 Å². The quantitative estimate of drug-likeness (QED) is 0.352. The van der Waals surface area contributed by atoms with E-state index in [2.05, 4.69) is 34.4 Å². The molecule has 1 saturated carbocycles. The van der Waals surface area contributed by atoms with Crippen molar-refractivity contribution in [2.24, 2.45) is 11.7 Å². The van der Waals surface area contributed by atoms with Crippen LogP contribution in [0.25, 0.3) is 11.1 Å². The summed E-state index contributed by atoms with van der Waals surface area (Å²) in [5, 5.41) is 4.99. The molecule has 2 unspecified atom stereocenters. The molecule has 7 heteroatoms. The van der Waals surface area contributed by atoms with Gasteiger partial charge in [-0.1, -0.05) is 30.3 Å². The summed E-state index contributed by atoms with van der Waals surface area (Å²) in [5.74, 6) is 1.05. The number of carbonyl (C=O) groups excluding carboxylic acids is 1. The van der Waals surface area contributed by atoms with Crippen LogP contribution >= 0.6 is 11.3 Å². The molecule has 2 fully saturated rings. The molecule has 0 spiro atoms. The van der Waals surface area contributed by atoms with Gasteiger partial charge in [0.2, 0.25) is 5.91 Å². The molecule has 2 heterocycles. The number of para-hydroxylation sites is 1. The van der Waals surface area contributed by atoms with Crippen molar-refractivity contribution in [3.8, 4) is 11.1 Å². The van der Waals surface area contributed by atoms with E-state index in [1.807, 2.05) is 47.7 Å². The third kappa shape index (κ3) is 5.97. The van der Waals surface area contributed by atoms with E-state index in [9.17, 15) is 4.79 Å². The second-order valence-electron chi connectivity index (χ2n) is 10.4. The molecule has 36 heavy (non-hydrogen) atoms. The number of hydrogen-bond donors (Lipinski definition) is 3. The number of hydrogen-bond acceptors (Lipinski definition) is 6. The minimum absolute atomic E-state index is 0.423. The molecule has 6 nitrogen and oxygen atoms in total. The highest BCUT2D eigenvalue weighted by atomic mass is 32.1. The summed E-state index contributed by atoms with van der Waals surface area (Å²) in [6.45, 7) is 6.70. The minimum Gasteiger partial charge on any atom is -0.398 e. The summed E-state index contributed by atoms with van der Waals surface area (Å²) in [7, 11) is 0. The lowest BCUT2D eigenvalue weighted by Crippen LogP contribution is -2.38. The van der Waals surface area contributed by atoms with Crippen molar-refractivity contribution in [2.75, 3.05) is 31.9 Å². The van der Waals surface area contributed by atoms with E-state index in [4.69, 9.17) is 11.5 Å². The van der Waals surface area contributed by atoms with Crippen molar-refractivity contribution in [1.29, 1.82) is 0 Å². The monoisotopic (exact) mass is 503 g/mol. The number of benzene rings is 2. The van der Waals surface area contributed by atoms with Crippen LogP contribution in [0.3, 0.4) is 0 Å². The number of primary amides is 1. The predicted molar refractivity (Wildman–Crippen MR) is 148 cm³/mol. The highest BCUT2D eigenvalue weighted by molar-refractivity contribution is 7.11. The van der Waals surface area contributed by atoms with Gasteiger partial charge >= 0.3 is 0 Å². The van der Waals surface area contributed by atoms with E-state index >= 15 is 0 Å². The van der Waals surface area contributed by atoms with E-state index in [-0.39, 0.29) is 0 Å². The zero-order valence-electron chi connectivity index (χ0n) is 21.1. The number of likely N-dealkylation sites (tertiary alicyclic amines) is 1. The van der Waals surface area contributed by atoms with Gasteiger partial charge in [-0.15, -0.1) is 11.3 Å². The lowest BCUT2D eigenvalue weighted by Gasteiger charge is -2.32. The standard InChI is InChI=1S/C29H37N5OS/c1-19-32-18-28(36-19)25-16-27(25)33-17-21-10-13-34(14-11-21)12-4-5-20-8-9-23(29(31)35)24(15-20)22-6-2-3-7-26(22)30/h2-3,6-9,15,18,21,25,27,33H,4-5,10-14,16-17,30H2,1H3,(H2,31,35). The molecule has 2 atom stereocenters. The zero-order valence-corrected chi connectivity index (χ0v) is 21.9. The number of aromatic nitrogens is 1. The van der Waals surface area contributed by atoms with Crippen molar-refractivity contribution in [1.82, 2.24) is 15.2 Å². The van der Waals surface area contributed by atoms with Crippen LogP contribution in [-0.4, -0.2) is 48.0 Å². The molecule has 5 N–H and O–H groups in total. The molecule has 1 amide bonds. The number of nitrogens with zero attached hydrogens (tertiary/aromatic N) is 2. The number of anilines is 1. The first-order valence-electron chi connectivity index (χ1n) is 13.1. The molecule has 5 rings (SSSR count). The fourth-order valence-corrected chi connectivity index (χ4v) is 6.41. The van der Waals surface area contributed by atoms with Gasteiger partial charge in [-0.3, -0.25) is 4.79 Å². The molecule has 0 bridgehead atoms. The number of nitrogens with two attached hydrogens (primary N) is 2. The Hall–Kier alpha value is -2.74. The van der Waals surface area contributed by atoms with Crippen LogP contribution in [0.1, 0.15) is 57.4 Å². The Bertz CT molecular complexity index is 1200. The molecule has 1 aliphatic carbocycles. The molecule has 1 aromatic heterocycles. The Labute approximate surface area is 218 Å². The summed E-state index contributed by atoms with van der Waals surface area (Å²) in [5.41, 5.74) is 15.9. The summed E-state index contributed by atoms with van der Waals surface area (Å²) in [6.07, 6.45) is 7.94. The van der Waals surface area contributed by atoms with Crippen molar-refractivity contribution < 1.29 is 4.79 Å². The Kier molecular flexibility index (Phi) is 7.70.